The summed E-state index contributed by atoms with van der Waals surface area (Å²) >= 11 is 0. The summed E-state index contributed by atoms with van der Waals surface area (Å²) in [7, 11) is 1.54. The van der Waals surface area contributed by atoms with E-state index in [-0.39, 0.29) is 12.5 Å². The van der Waals surface area contributed by atoms with E-state index in [0.717, 1.165) is 16.9 Å². The van der Waals surface area contributed by atoms with Crippen LogP contribution in [0.4, 0.5) is 0 Å². The summed E-state index contributed by atoms with van der Waals surface area (Å²) in [6.45, 7) is 4.74. The summed E-state index contributed by atoms with van der Waals surface area (Å²) in [5, 5.41) is 2.91. The van der Waals surface area contributed by atoms with Gasteiger partial charge in [-0.1, -0.05) is 42.5 Å². The van der Waals surface area contributed by atoms with E-state index < -0.39 is 5.97 Å². The minimum atomic E-state index is -0.474. The SMILES string of the molecule is COCCOC(=O)c1c(C)[nH]c(C(=O)NCc2cccc(COc3ccccc3)c2)c1C. The molecule has 0 spiro atoms. The molecule has 0 unspecified atom stereocenters. The lowest BCUT2D eigenvalue weighted by Gasteiger charge is -2.09. The van der Waals surface area contributed by atoms with Gasteiger partial charge in [0.25, 0.3) is 5.91 Å². The summed E-state index contributed by atoms with van der Waals surface area (Å²) in [5.41, 5.74) is 3.85. The first-order chi connectivity index (χ1) is 15.5. The minimum Gasteiger partial charge on any atom is -0.489 e. The molecule has 0 radical (unpaired) electrons. The zero-order chi connectivity index (χ0) is 22.9. The highest BCUT2D eigenvalue weighted by atomic mass is 16.6. The first kappa shape index (κ1) is 23.1. The molecule has 2 N–H and O–H groups in total. The summed E-state index contributed by atoms with van der Waals surface area (Å²) < 4.78 is 15.9. The molecule has 168 valence electrons. The van der Waals surface area contributed by atoms with Crippen molar-refractivity contribution in [2.24, 2.45) is 0 Å². The standard InChI is InChI=1S/C25H28N2O5/c1-17-22(25(29)31-13-12-30-3)18(2)27-23(17)24(28)26-15-19-8-7-9-20(14-19)16-32-21-10-5-4-6-11-21/h4-11,14,27H,12-13,15-16H2,1-3H3,(H,26,28). The number of carbonyl (C=O) groups is 2. The van der Waals surface area contributed by atoms with E-state index in [9.17, 15) is 9.59 Å². The average Bonchev–Trinajstić information content (AvgIpc) is 3.11. The van der Waals surface area contributed by atoms with E-state index in [1.807, 2.05) is 54.6 Å². The van der Waals surface area contributed by atoms with Crippen molar-refractivity contribution >= 4 is 11.9 Å². The van der Waals surface area contributed by atoms with Crippen molar-refractivity contribution in [2.75, 3.05) is 20.3 Å². The van der Waals surface area contributed by atoms with Crippen LogP contribution in [0.25, 0.3) is 0 Å². The Kier molecular flexibility index (Phi) is 8.05. The predicted molar refractivity (Wildman–Crippen MR) is 121 cm³/mol. The number of methoxy groups -OCH3 is 1. The van der Waals surface area contributed by atoms with Crippen LogP contribution in [0.5, 0.6) is 5.75 Å². The zero-order valence-electron chi connectivity index (χ0n) is 18.6. The van der Waals surface area contributed by atoms with Gasteiger partial charge >= 0.3 is 5.97 Å². The number of para-hydroxylation sites is 1. The highest BCUT2D eigenvalue weighted by Gasteiger charge is 2.22. The first-order valence-corrected chi connectivity index (χ1v) is 10.4. The van der Waals surface area contributed by atoms with Crippen molar-refractivity contribution in [2.45, 2.75) is 27.0 Å². The molecule has 7 nitrogen and oxygen atoms in total. The fraction of sp³-hybridized carbons (Fsp3) is 0.280. The second-order valence-corrected chi connectivity index (χ2v) is 7.36. The Morgan fingerprint density at radius 1 is 0.969 bits per heavy atom. The first-order valence-electron chi connectivity index (χ1n) is 10.4. The summed E-state index contributed by atoms with van der Waals surface area (Å²) in [6, 6.07) is 17.5. The van der Waals surface area contributed by atoms with Crippen molar-refractivity contribution in [1.82, 2.24) is 10.3 Å². The highest BCUT2D eigenvalue weighted by Crippen LogP contribution is 2.19. The maximum Gasteiger partial charge on any atom is 0.340 e. The number of amides is 1. The molecule has 0 fully saturated rings. The van der Waals surface area contributed by atoms with E-state index >= 15 is 0 Å². The molecule has 32 heavy (non-hydrogen) atoms. The Labute approximate surface area is 187 Å². The van der Waals surface area contributed by atoms with Gasteiger partial charge in [-0.3, -0.25) is 4.79 Å². The Morgan fingerprint density at radius 2 is 1.72 bits per heavy atom. The fourth-order valence-electron chi connectivity index (χ4n) is 3.36. The van der Waals surface area contributed by atoms with Crippen LogP contribution >= 0.6 is 0 Å². The van der Waals surface area contributed by atoms with Crippen molar-refractivity contribution in [1.29, 1.82) is 0 Å². The fourth-order valence-corrected chi connectivity index (χ4v) is 3.36. The number of ether oxygens (including phenoxy) is 3. The van der Waals surface area contributed by atoms with Gasteiger partial charge in [0, 0.05) is 19.3 Å². The summed E-state index contributed by atoms with van der Waals surface area (Å²) in [4.78, 5) is 28.1. The molecule has 2 aromatic carbocycles. The molecule has 1 aromatic heterocycles. The molecule has 0 bridgehead atoms. The number of rotatable bonds is 10. The molecule has 3 aromatic rings. The quantitative estimate of drug-likeness (QED) is 0.371. The normalized spacial score (nSPS) is 10.6. The van der Waals surface area contributed by atoms with Gasteiger partial charge in [-0.15, -0.1) is 0 Å². The van der Waals surface area contributed by atoms with Gasteiger partial charge in [0.05, 0.1) is 12.2 Å². The largest absolute Gasteiger partial charge is 0.489 e. The van der Waals surface area contributed by atoms with Crippen LogP contribution < -0.4 is 10.1 Å². The molecule has 1 amide bonds. The number of carbonyl (C=O) groups excluding carboxylic acids is 2. The summed E-state index contributed by atoms with van der Waals surface area (Å²) in [6.07, 6.45) is 0. The molecule has 0 aliphatic heterocycles. The van der Waals surface area contributed by atoms with Crippen LogP contribution in [0, 0.1) is 13.8 Å². The molecule has 1 heterocycles. The number of aromatic nitrogens is 1. The molecule has 3 rings (SSSR count). The van der Waals surface area contributed by atoms with E-state index in [2.05, 4.69) is 10.3 Å². The lowest BCUT2D eigenvalue weighted by atomic mass is 10.1. The van der Waals surface area contributed by atoms with Crippen LogP contribution in [-0.4, -0.2) is 37.2 Å². The Bertz CT molecular complexity index is 1060. The van der Waals surface area contributed by atoms with Crippen LogP contribution in [0.1, 0.15) is 43.2 Å². The van der Waals surface area contributed by atoms with E-state index in [0.29, 0.717) is 42.3 Å². The van der Waals surface area contributed by atoms with E-state index in [1.165, 1.54) is 7.11 Å². The molecule has 0 atom stereocenters. The second-order valence-electron chi connectivity index (χ2n) is 7.36. The lowest BCUT2D eigenvalue weighted by molar-refractivity contribution is 0.0387. The van der Waals surface area contributed by atoms with Gasteiger partial charge in [-0.05, 0) is 42.7 Å². The minimum absolute atomic E-state index is 0.158. The number of aromatic amines is 1. The van der Waals surface area contributed by atoms with Crippen molar-refractivity contribution in [3.05, 3.63) is 88.2 Å². The second kappa shape index (κ2) is 11.2. The third-order valence-corrected chi connectivity index (χ3v) is 4.98. The molecular formula is C25H28N2O5. The van der Waals surface area contributed by atoms with Crippen molar-refractivity contribution in [3.63, 3.8) is 0 Å². The number of hydrogen-bond acceptors (Lipinski definition) is 5. The predicted octanol–water partition coefficient (Wildman–Crippen LogP) is 3.94. The Morgan fingerprint density at radius 3 is 2.47 bits per heavy atom. The third kappa shape index (κ3) is 5.98. The molecule has 0 aliphatic rings. The maximum absolute atomic E-state index is 12.7. The average molecular weight is 437 g/mol. The van der Waals surface area contributed by atoms with Crippen LogP contribution in [-0.2, 0) is 22.6 Å². The molecule has 7 heteroatoms. The van der Waals surface area contributed by atoms with Crippen molar-refractivity contribution in [3.8, 4) is 5.75 Å². The van der Waals surface area contributed by atoms with Crippen LogP contribution in [0.2, 0.25) is 0 Å². The van der Waals surface area contributed by atoms with Crippen LogP contribution in [0.3, 0.4) is 0 Å². The topological polar surface area (TPSA) is 89.7 Å². The number of aryl methyl sites for hydroxylation is 1. The molecular weight excluding hydrogens is 408 g/mol. The maximum atomic E-state index is 12.7. The van der Waals surface area contributed by atoms with Gasteiger partial charge in [0.1, 0.15) is 24.7 Å². The third-order valence-electron chi connectivity index (χ3n) is 4.98. The zero-order valence-corrected chi connectivity index (χ0v) is 18.6. The number of benzene rings is 2. The summed E-state index contributed by atoms with van der Waals surface area (Å²) in [5.74, 6) is 0.0475. The molecule has 0 saturated carbocycles. The van der Waals surface area contributed by atoms with Gasteiger partial charge < -0.3 is 24.5 Å². The van der Waals surface area contributed by atoms with Gasteiger partial charge in [-0.2, -0.15) is 0 Å². The van der Waals surface area contributed by atoms with Crippen molar-refractivity contribution < 1.29 is 23.8 Å². The number of nitrogens with one attached hydrogen (secondary N) is 2. The van der Waals surface area contributed by atoms with E-state index in [4.69, 9.17) is 14.2 Å². The van der Waals surface area contributed by atoms with Gasteiger partial charge in [0.15, 0.2) is 0 Å². The number of H-pyrrole nitrogens is 1. The van der Waals surface area contributed by atoms with Gasteiger partial charge in [0.2, 0.25) is 0 Å². The smallest absolute Gasteiger partial charge is 0.340 e. The molecule has 0 saturated heterocycles. The van der Waals surface area contributed by atoms with Crippen LogP contribution in [0.15, 0.2) is 54.6 Å². The Hall–Kier alpha value is -3.58. The molecule has 0 aliphatic carbocycles. The monoisotopic (exact) mass is 436 g/mol. The number of esters is 1. The van der Waals surface area contributed by atoms with Gasteiger partial charge in [-0.25, -0.2) is 4.79 Å². The lowest BCUT2D eigenvalue weighted by Crippen LogP contribution is -2.24. The van der Waals surface area contributed by atoms with E-state index in [1.54, 1.807) is 13.8 Å². The number of hydrogen-bond donors (Lipinski definition) is 2. The Balaban J connectivity index is 1.60. The highest BCUT2D eigenvalue weighted by molar-refractivity contribution is 6.00.